The number of hydrogen-bond donors (Lipinski definition) is 1. The van der Waals surface area contributed by atoms with Gasteiger partial charge in [0, 0.05) is 25.7 Å². The van der Waals surface area contributed by atoms with E-state index in [0.717, 1.165) is 19.6 Å². The molecule has 0 aliphatic heterocycles. The van der Waals surface area contributed by atoms with Crippen LogP contribution in [0.1, 0.15) is 38.8 Å². The van der Waals surface area contributed by atoms with Crippen LogP contribution in [0.5, 0.6) is 0 Å². The van der Waals surface area contributed by atoms with Crippen LogP contribution >= 0.6 is 0 Å². The maximum Gasteiger partial charge on any atom is 0.0231 e. The molecule has 1 rings (SSSR count). The zero-order valence-corrected chi connectivity index (χ0v) is 13.5. The van der Waals surface area contributed by atoms with Crippen molar-refractivity contribution in [3.05, 3.63) is 35.4 Å². The molecule has 0 bridgehead atoms. The summed E-state index contributed by atoms with van der Waals surface area (Å²) >= 11 is 0. The van der Waals surface area contributed by atoms with Gasteiger partial charge in [-0.25, -0.2) is 0 Å². The molecule has 0 radical (unpaired) electrons. The van der Waals surface area contributed by atoms with Crippen LogP contribution in [0.3, 0.4) is 0 Å². The maximum absolute atomic E-state index is 3.54. The smallest absolute Gasteiger partial charge is 0.0231 e. The Morgan fingerprint density at radius 2 is 1.95 bits per heavy atom. The monoisotopic (exact) mass is 262 g/mol. The Kier molecular flexibility index (Phi) is 6.02. The summed E-state index contributed by atoms with van der Waals surface area (Å²) in [6.45, 7) is 14.4. The summed E-state index contributed by atoms with van der Waals surface area (Å²) in [7, 11) is 2.21. The Bertz CT molecular complexity index is 383. The van der Waals surface area contributed by atoms with E-state index < -0.39 is 0 Å². The Morgan fingerprint density at radius 1 is 1.26 bits per heavy atom. The van der Waals surface area contributed by atoms with Crippen LogP contribution in [-0.2, 0) is 6.54 Å². The van der Waals surface area contributed by atoms with Crippen molar-refractivity contribution in [1.29, 1.82) is 0 Å². The second-order valence-corrected chi connectivity index (χ2v) is 6.86. The maximum atomic E-state index is 3.54. The molecule has 1 aromatic rings. The van der Waals surface area contributed by atoms with Gasteiger partial charge >= 0.3 is 0 Å². The minimum Gasteiger partial charge on any atom is -0.314 e. The van der Waals surface area contributed by atoms with E-state index >= 15 is 0 Å². The van der Waals surface area contributed by atoms with E-state index in [1.165, 1.54) is 11.1 Å². The van der Waals surface area contributed by atoms with Crippen LogP contribution in [0.15, 0.2) is 24.3 Å². The molecular weight excluding hydrogens is 232 g/mol. The Morgan fingerprint density at radius 3 is 2.53 bits per heavy atom. The first kappa shape index (κ1) is 16.2. The molecule has 0 aliphatic carbocycles. The summed E-state index contributed by atoms with van der Waals surface area (Å²) in [6.07, 6.45) is 0. The molecule has 19 heavy (non-hydrogen) atoms. The van der Waals surface area contributed by atoms with Crippen molar-refractivity contribution < 1.29 is 0 Å². The summed E-state index contributed by atoms with van der Waals surface area (Å²) in [5.41, 5.74) is 3.03. The second kappa shape index (κ2) is 7.06. The van der Waals surface area contributed by atoms with Crippen molar-refractivity contribution in [3.8, 4) is 0 Å². The summed E-state index contributed by atoms with van der Waals surface area (Å²) in [4.78, 5) is 2.41. The lowest BCUT2D eigenvalue weighted by Gasteiger charge is -2.31. The topological polar surface area (TPSA) is 15.3 Å². The van der Waals surface area contributed by atoms with E-state index in [0.29, 0.717) is 11.5 Å². The second-order valence-electron chi connectivity index (χ2n) is 6.86. The van der Waals surface area contributed by atoms with E-state index in [-0.39, 0.29) is 0 Å². The van der Waals surface area contributed by atoms with Gasteiger partial charge in [-0.05, 0) is 24.9 Å². The highest BCUT2D eigenvalue weighted by atomic mass is 15.1. The number of rotatable bonds is 7. The van der Waals surface area contributed by atoms with Gasteiger partial charge in [-0.1, -0.05) is 57.5 Å². The van der Waals surface area contributed by atoms with Crippen molar-refractivity contribution in [2.75, 3.05) is 20.1 Å². The van der Waals surface area contributed by atoms with Gasteiger partial charge in [-0.15, -0.1) is 0 Å². The zero-order valence-electron chi connectivity index (χ0n) is 13.5. The summed E-state index contributed by atoms with van der Waals surface area (Å²) < 4.78 is 0. The predicted molar refractivity (Wildman–Crippen MR) is 84.4 cm³/mol. The quantitative estimate of drug-likeness (QED) is 0.809. The minimum absolute atomic E-state index is 0.294. The average molecular weight is 262 g/mol. The van der Waals surface area contributed by atoms with E-state index in [1.54, 1.807) is 0 Å². The number of nitrogens with zero attached hydrogens (tertiary/aromatic N) is 1. The SMILES string of the molecule is Cc1cccc(CN(C)CC(C)(C)CNC(C)C)c1. The third kappa shape index (κ3) is 6.74. The highest BCUT2D eigenvalue weighted by molar-refractivity contribution is 5.22. The summed E-state index contributed by atoms with van der Waals surface area (Å²) in [5.74, 6) is 0. The first-order chi connectivity index (χ1) is 8.78. The predicted octanol–water partition coefficient (Wildman–Crippen LogP) is 3.45. The highest BCUT2D eigenvalue weighted by Crippen LogP contribution is 2.17. The van der Waals surface area contributed by atoms with Crippen LogP contribution in [0.25, 0.3) is 0 Å². The van der Waals surface area contributed by atoms with Gasteiger partial charge in [0.2, 0.25) is 0 Å². The lowest BCUT2D eigenvalue weighted by atomic mass is 9.92. The molecule has 0 aromatic heterocycles. The molecule has 2 heteroatoms. The zero-order chi connectivity index (χ0) is 14.5. The van der Waals surface area contributed by atoms with Crippen LogP contribution < -0.4 is 5.32 Å². The van der Waals surface area contributed by atoms with Gasteiger partial charge < -0.3 is 10.2 Å². The van der Waals surface area contributed by atoms with E-state index in [1.807, 2.05) is 0 Å². The first-order valence-corrected chi connectivity index (χ1v) is 7.26. The molecule has 108 valence electrons. The molecule has 0 unspecified atom stereocenters. The lowest BCUT2D eigenvalue weighted by Crippen LogP contribution is -2.40. The largest absolute Gasteiger partial charge is 0.314 e. The fraction of sp³-hybridized carbons (Fsp3) is 0.647. The van der Waals surface area contributed by atoms with Crippen LogP contribution in [0, 0.1) is 12.3 Å². The van der Waals surface area contributed by atoms with Crippen molar-refractivity contribution >= 4 is 0 Å². The van der Waals surface area contributed by atoms with Gasteiger partial charge in [0.05, 0.1) is 0 Å². The van der Waals surface area contributed by atoms with Gasteiger partial charge in [-0.3, -0.25) is 0 Å². The van der Waals surface area contributed by atoms with Gasteiger partial charge in [0.25, 0.3) is 0 Å². The summed E-state index contributed by atoms with van der Waals surface area (Å²) in [6, 6.07) is 9.34. The van der Waals surface area contributed by atoms with E-state index in [4.69, 9.17) is 0 Å². The molecule has 0 saturated carbocycles. The summed E-state index contributed by atoms with van der Waals surface area (Å²) in [5, 5.41) is 3.54. The molecule has 0 amide bonds. The molecule has 2 nitrogen and oxygen atoms in total. The standard InChI is InChI=1S/C17H30N2/c1-14(2)18-12-17(4,5)13-19(6)11-16-9-7-8-15(3)10-16/h7-10,14,18H,11-13H2,1-6H3. The number of benzene rings is 1. The van der Waals surface area contributed by atoms with Crippen LogP contribution in [0.2, 0.25) is 0 Å². The molecule has 0 heterocycles. The Hall–Kier alpha value is -0.860. The molecule has 1 aromatic carbocycles. The Labute approximate surface area is 119 Å². The molecule has 1 N–H and O–H groups in total. The third-order valence-corrected chi connectivity index (χ3v) is 3.22. The normalized spacial score (nSPS) is 12.4. The molecule has 0 spiro atoms. The third-order valence-electron chi connectivity index (χ3n) is 3.22. The molecule has 0 atom stereocenters. The van der Waals surface area contributed by atoms with E-state index in [2.05, 4.69) is 76.1 Å². The number of nitrogens with one attached hydrogen (secondary N) is 1. The molecular formula is C17H30N2. The van der Waals surface area contributed by atoms with Crippen molar-refractivity contribution in [3.63, 3.8) is 0 Å². The Balaban J connectivity index is 2.47. The molecule has 0 fully saturated rings. The fourth-order valence-corrected chi connectivity index (χ4v) is 2.45. The van der Waals surface area contributed by atoms with Crippen molar-refractivity contribution in [2.45, 2.75) is 47.2 Å². The highest BCUT2D eigenvalue weighted by Gasteiger charge is 2.20. The number of aryl methyl sites for hydroxylation is 1. The van der Waals surface area contributed by atoms with Crippen molar-refractivity contribution in [2.24, 2.45) is 5.41 Å². The molecule has 0 saturated heterocycles. The van der Waals surface area contributed by atoms with E-state index in [9.17, 15) is 0 Å². The van der Waals surface area contributed by atoms with Gasteiger partial charge in [0.1, 0.15) is 0 Å². The first-order valence-electron chi connectivity index (χ1n) is 7.26. The minimum atomic E-state index is 0.294. The van der Waals surface area contributed by atoms with Crippen LogP contribution in [-0.4, -0.2) is 31.1 Å². The van der Waals surface area contributed by atoms with Crippen LogP contribution in [0.4, 0.5) is 0 Å². The average Bonchev–Trinajstić information content (AvgIpc) is 2.25. The number of hydrogen-bond acceptors (Lipinski definition) is 2. The van der Waals surface area contributed by atoms with Gasteiger partial charge in [0.15, 0.2) is 0 Å². The van der Waals surface area contributed by atoms with Gasteiger partial charge in [-0.2, -0.15) is 0 Å². The van der Waals surface area contributed by atoms with Crippen molar-refractivity contribution in [1.82, 2.24) is 10.2 Å². The molecule has 0 aliphatic rings. The lowest BCUT2D eigenvalue weighted by molar-refractivity contribution is 0.195. The fourth-order valence-electron chi connectivity index (χ4n) is 2.45.